The van der Waals surface area contributed by atoms with Crippen molar-refractivity contribution in [1.29, 1.82) is 0 Å². The molecule has 134 valence electrons. The summed E-state index contributed by atoms with van der Waals surface area (Å²) in [6, 6.07) is 6.14. The molecule has 0 unspecified atom stereocenters. The molecule has 2 heterocycles. The van der Waals surface area contributed by atoms with Gasteiger partial charge in [-0.05, 0) is 64.0 Å². The van der Waals surface area contributed by atoms with Crippen molar-refractivity contribution in [2.75, 3.05) is 13.1 Å². The van der Waals surface area contributed by atoms with Crippen LogP contribution < -0.4 is 5.32 Å². The second-order valence-electron chi connectivity index (χ2n) is 6.74. The number of nitrogens with one attached hydrogen (secondary N) is 1. The molecule has 0 bridgehead atoms. The number of carbonyl (C=O) groups excluding carboxylic acids is 1. The number of likely N-dealkylation sites (tertiary alicyclic amines) is 1. The van der Waals surface area contributed by atoms with Gasteiger partial charge in [0.15, 0.2) is 5.82 Å². The minimum Gasteiger partial charge on any atom is -0.354 e. The minimum absolute atomic E-state index is 0.0821. The molecule has 1 amide bonds. The quantitative estimate of drug-likeness (QED) is 0.901. The smallest absolute Gasteiger partial charge is 0.257 e. The highest BCUT2D eigenvalue weighted by molar-refractivity contribution is 5.78. The average Bonchev–Trinajstić information content (AvgIpc) is 3.04. The number of piperidine rings is 1. The molecule has 3 rings (SSSR count). The van der Waals surface area contributed by atoms with E-state index in [-0.39, 0.29) is 23.7 Å². The lowest BCUT2D eigenvalue weighted by Crippen LogP contribution is -2.42. The van der Waals surface area contributed by atoms with Crippen LogP contribution in [-0.2, 0) is 11.3 Å². The van der Waals surface area contributed by atoms with Gasteiger partial charge in [0.25, 0.3) is 5.89 Å². The molecule has 0 spiro atoms. The summed E-state index contributed by atoms with van der Waals surface area (Å²) >= 11 is 0. The Hall–Kier alpha value is -2.28. The van der Waals surface area contributed by atoms with Crippen LogP contribution in [0.5, 0.6) is 0 Å². The second-order valence-corrected chi connectivity index (χ2v) is 6.74. The summed E-state index contributed by atoms with van der Waals surface area (Å²) < 4.78 is 18.2. The zero-order chi connectivity index (χ0) is 17.8. The lowest BCUT2D eigenvalue weighted by Gasteiger charge is -2.30. The Morgan fingerprint density at radius 2 is 2.00 bits per heavy atom. The monoisotopic (exact) mass is 346 g/mol. The number of benzene rings is 1. The lowest BCUT2D eigenvalue weighted by molar-refractivity contribution is -0.127. The van der Waals surface area contributed by atoms with Crippen molar-refractivity contribution in [2.24, 2.45) is 5.92 Å². The van der Waals surface area contributed by atoms with E-state index in [9.17, 15) is 9.18 Å². The molecule has 6 nitrogen and oxygen atoms in total. The molecule has 2 aromatic rings. The van der Waals surface area contributed by atoms with E-state index < -0.39 is 0 Å². The van der Waals surface area contributed by atoms with Gasteiger partial charge in [-0.1, -0.05) is 5.16 Å². The third-order valence-electron chi connectivity index (χ3n) is 4.31. The maximum absolute atomic E-state index is 13.0. The molecule has 0 saturated carbocycles. The van der Waals surface area contributed by atoms with Crippen molar-refractivity contribution < 1.29 is 13.7 Å². The number of carbonyl (C=O) groups is 1. The van der Waals surface area contributed by atoms with Gasteiger partial charge in [-0.25, -0.2) is 4.39 Å². The highest BCUT2D eigenvalue weighted by Gasteiger charge is 2.26. The van der Waals surface area contributed by atoms with Crippen LogP contribution in [-0.4, -0.2) is 40.1 Å². The molecule has 1 N–H and O–H groups in total. The van der Waals surface area contributed by atoms with E-state index in [1.54, 1.807) is 12.1 Å². The Morgan fingerprint density at radius 1 is 1.32 bits per heavy atom. The van der Waals surface area contributed by atoms with Crippen molar-refractivity contribution in [3.05, 3.63) is 35.9 Å². The number of aromatic nitrogens is 2. The molecule has 1 aromatic heterocycles. The topological polar surface area (TPSA) is 71.3 Å². The van der Waals surface area contributed by atoms with Gasteiger partial charge in [0.1, 0.15) is 5.82 Å². The molecular formula is C18H23FN4O2. The Labute approximate surface area is 146 Å². The molecule has 1 aliphatic heterocycles. The number of hydrogen-bond donors (Lipinski definition) is 1. The van der Waals surface area contributed by atoms with E-state index in [4.69, 9.17) is 4.52 Å². The van der Waals surface area contributed by atoms with Crippen LogP contribution in [0.15, 0.2) is 28.8 Å². The fourth-order valence-electron chi connectivity index (χ4n) is 2.98. The maximum Gasteiger partial charge on any atom is 0.257 e. The van der Waals surface area contributed by atoms with Gasteiger partial charge in [-0.3, -0.25) is 9.69 Å². The highest BCUT2D eigenvalue weighted by Crippen LogP contribution is 2.21. The summed E-state index contributed by atoms with van der Waals surface area (Å²) in [5.41, 5.74) is 0.698. The van der Waals surface area contributed by atoms with Gasteiger partial charge in [-0.15, -0.1) is 0 Å². The summed E-state index contributed by atoms with van der Waals surface area (Å²) in [5, 5.41) is 6.98. The van der Waals surface area contributed by atoms with Crippen molar-refractivity contribution in [1.82, 2.24) is 20.4 Å². The van der Waals surface area contributed by atoms with Gasteiger partial charge >= 0.3 is 0 Å². The van der Waals surface area contributed by atoms with E-state index in [0.717, 1.165) is 25.9 Å². The predicted octanol–water partition coefficient (Wildman–Crippen LogP) is 2.61. The SMILES string of the molecule is CC(C)NC(=O)C1CCN(Cc2noc(-c3ccc(F)cc3)n2)CC1. The molecule has 0 aliphatic carbocycles. The largest absolute Gasteiger partial charge is 0.354 e. The Kier molecular flexibility index (Phi) is 5.43. The van der Waals surface area contributed by atoms with Gasteiger partial charge in [0.2, 0.25) is 5.91 Å². The van der Waals surface area contributed by atoms with Crippen LogP contribution in [0.25, 0.3) is 11.5 Å². The molecule has 0 radical (unpaired) electrons. The van der Waals surface area contributed by atoms with Gasteiger partial charge in [0.05, 0.1) is 6.54 Å². The fraction of sp³-hybridized carbons (Fsp3) is 0.500. The van der Waals surface area contributed by atoms with Crippen molar-refractivity contribution in [3.8, 4) is 11.5 Å². The average molecular weight is 346 g/mol. The third kappa shape index (κ3) is 4.63. The zero-order valence-electron chi connectivity index (χ0n) is 14.5. The second kappa shape index (κ2) is 7.74. The maximum atomic E-state index is 13.0. The Morgan fingerprint density at radius 3 is 2.64 bits per heavy atom. The van der Waals surface area contributed by atoms with Gasteiger partial charge in [-0.2, -0.15) is 4.98 Å². The van der Waals surface area contributed by atoms with E-state index in [1.807, 2.05) is 13.8 Å². The number of nitrogens with zero attached hydrogens (tertiary/aromatic N) is 3. The minimum atomic E-state index is -0.298. The van der Waals surface area contributed by atoms with Crippen molar-refractivity contribution >= 4 is 5.91 Å². The molecule has 1 aromatic carbocycles. The molecular weight excluding hydrogens is 323 g/mol. The summed E-state index contributed by atoms with van der Waals surface area (Å²) in [5.74, 6) is 0.921. The van der Waals surface area contributed by atoms with Crippen LogP contribution in [0.1, 0.15) is 32.5 Å². The van der Waals surface area contributed by atoms with E-state index in [0.29, 0.717) is 23.8 Å². The van der Waals surface area contributed by atoms with Gasteiger partial charge < -0.3 is 9.84 Å². The fourth-order valence-corrected chi connectivity index (χ4v) is 2.98. The molecule has 1 saturated heterocycles. The summed E-state index contributed by atoms with van der Waals surface area (Å²) in [4.78, 5) is 18.7. The van der Waals surface area contributed by atoms with Crippen LogP contribution >= 0.6 is 0 Å². The molecule has 7 heteroatoms. The number of amides is 1. The Balaban J connectivity index is 1.53. The van der Waals surface area contributed by atoms with Crippen molar-refractivity contribution in [3.63, 3.8) is 0 Å². The van der Waals surface area contributed by atoms with E-state index >= 15 is 0 Å². The third-order valence-corrected chi connectivity index (χ3v) is 4.31. The van der Waals surface area contributed by atoms with Crippen LogP contribution in [0.2, 0.25) is 0 Å². The normalized spacial score (nSPS) is 16.3. The van der Waals surface area contributed by atoms with E-state index in [2.05, 4.69) is 20.4 Å². The number of halogens is 1. The first-order valence-corrected chi connectivity index (χ1v) is 8.62. The number of hydrogen-bond acceptors (Lipinski definition) is 5. The standard InChI is InChI=1S/C18H23FN4O2/c1-12(2)20-17(24)13-7-9-23(10-8-13)11-16-21-18(25-22-16)14-3-5-15(19)6-4-14/h3-6,12-13H,7-11H2,1-2H3,(H,20,24). The zero-order valence-corrected chi connectivity index (χ0v) is 14.5. The molecule has 1 aliphatic rings. The first-order valence-electron chi connectivity index (χ1n) is 8.62. The Bertz CT molecular complexity index is 706. The number of rotatable bonds is 5. The highest BCUT2D eigenvalue weighted by atomic mass is 19.1. The van der Waals surface area contributed by atoms with Crippen LogP contribution in [0.4, 0.5) is 4.39 Å². The predicted molar refractivity (Wildman–Crippen MR) is 91.0 cm³/mol. The van der Waals surface area contributed by atoms with Crippen LogP contribution in [0, 0.1) is 11.7 Å². The van der Waals surface area contributed by atoms with Crippen molar-refractivity contribution in [2.45, 2.75) is 39.3 Å². The first kappa shape index (κ1) is 17.5. The molecule has 0 atom stereocenters. The summed E-state index contributed by atoms with van der Waals surface area (Å²) in [7, 11) is 0. The van der Waals surface area contributed by atoms with E-state index in [1.165, 1.54) is 12.1 Å². The first-order chi connectivity index (χ1) is 12.0. The summed E-state index contributed by atoms with van der Waals surface area (Å²) in [6.45, 7) is 6.19. The summed E-state index contributed by atoms with van der Waals surface area (Å²) in [6.07, 6.45) is 1.67. The lowest BCUT2D eigenvalue weighted by atomic mass is 9.95. The van der Waals surface area contributed by atoms with Gasteiger partial charge in [0, 0.05) is 17.5 Å². The van der Waals surface area contributed by atoms with Crippen LogP contribution in [0.3, 0.4) is 0 Å². The molecule has 1 fully saturated rings. The molecule has 25 heavy (non-hydrogen) atoms.